The monoisotopic (exact) mass is 925 g/mol. The molecule has 70 heavy (non-hydrogen) atoms. The lowest BCUT2D eigenvalue weighted by Crippen LogP contribution is -2.28. The van der Waals surface area contributed by atoms with Crippen molar-refractivity contribution in [2.75, 3.05) is 4.90 Å². The Labute approximate surface area is 415 Å². The molecule has 0 N–H and O–H groups in total. The minimum absolute atomic E-state index is 0.466. The van der Waals surface area contributed by atoms with Crippen LogP contribution in [0, 0.1) is 0 Å². The summed E-state index contributed by atoms with van der Waals surface area (Å²) in [5.41, 5.74) is 17.8. The number of hydrogen-bond acceptors (Lipinski definition) is 3. The molecule has 0 saturated heterocycles. The zero-order valence-corrected chi connectivity index (χ0v) is 39.7. The van der Waals surface area contributed by atoms with Gasteiger partial charge in [0.15, 0.2) is 0 Å². The second kappa shape index (κ2) is 16.4. The van der Waals surface area contributed by atoms with Crippen molar-refractivity contribution in [3.05, 3.63) is 283 Å². The van der Waals surface area contributed by atoms with Crippen molar-refractivity contribution in [3.8, 4) is 44.5 Å². The van der Waals surface area contributed by atoms with Gasteiger partial charge in [0.25, 0.3) is 0 Å². The normalized spacial score (nSPS) is 12.7. The summed E-state index contributed by atoms with van der Waals surface area (Å²) in [4.78, 5) is 2.43. The van der Waals surface area contributed by atoms with Gasteiger partial charge >= 0.3 is 0 Å². The van der Waals surface area contributed by atoms with Crippen molar-refractivity contribution in [1.82, 2.24) is 0 Å². The molecule has 2 aromatic heterocycles. The van der Waals surface area contributed by atoms with Gasteiger partial charge in [0.2, 0.25) is 0 Å². The number of fused-ring (bicyclic) bond motifs is 9. The Morgan fingerprint density at radius 1 is 0.271 bits per heavy atom. The van der Waals surface area contributed by atoms with Crippen molar-refractivity contribution in [2.45, 2.75) is 5.41 Å². The fraction of sp³-hybridized carbons (Fsp3) is 0.0149. The minimum Gasteiger partial charge on any atom is -0.310 e. The van der Waals surface area contributed by atoms with Crippen LogP contribution in [0.25, 0.3) is 84.9 Å². The molecule has 0 saturated carbocycles. The number of benzene rings is 11. The molecule has 0 radical (unpaired) electrons. The van der Waals surface area contributed by atoms with E-state index in [4.69, 9.17) is 0 Å². The molecule has 0 fully saturated rings. The van der Waals surface area contributed by atoms with Crippen LogP contribution in [0.15, 0.2) is 261 Å². The number of hydrogen-bond donors (Lipinski definition) is 0. The zero-order valence-electron chi connectivity index (χ0n) is 38.1. The van der Waals surface area contributed by atoms with E-state index in [1.54, 1.807) is 0 Å². The van der Waals surface area contributed by atoms with Crippen molar-refractivity contribution in [1.29, 1.82) is 0 Å². The lowest BCUT2D eigenvalue weighted by atomic mass is 9.68. The molecule has 1 aliphatic rings. The molecule has 1 nitrogen and oxygen atoms in total. The van der Waals surface area contributed by atoms with E-state index >= 15 is 0 Å². The Hall–Kier alpha value is -8.34. The highest BCUT2D eigenvalue weighted by molar-refractivity contribution is 7.26. The first-order chi connectivity index (χ1) is 34.7. The van der Waals surface area contributed by atoms with Crippen molar-refractivity contribution in [3.63, 3.8) is 0 Å². The highest BCUT2D eigenvalue weighted by atomic mass is 32.1. The lowest BCUT2D eigenvalue weighted by molar-refractivity contribution is 0.768. The summed E-state index contributed by atoms with van der Waals surface area (Å²) in [5.74, 6) is 0. The quantitative estimate of drug-likeness (QED) is 0.147. The van der Waals surface area contributed by atoms with Gasteiger partial charge in [-0.15, -0.1) is 22.7 Å². The lowest BCUT2D eigenvalue weighted by Gasteiger charge is -2.34. The van der Waals surface area contributed by atoms with Crippen molar-refractivity contribution < 1.29 is 0 Å². The molecule has 0 bridgehead atoms. The minimum atomic E-state index is -0.466. The van der Waals surface area contributed by atoms with Crippen LogP contribution in [0.1, 0.15) is 22.3 Å². The second-order valence-corrected chi connectivity index (χ2v) is 20.5. The molecule has 0 amide bonds. The maximum atomic E-state index is 2.43. The molecular formula is C67H43NS2. The molecule has 3 heteroatoms. The van der Waals surface area contributed by atoms with Crippen molar-refractivity contribution in [2.24, 2.45) is 0 Å². The van der Waals surface area contributed by atoms with E-state index in [1.165, 1.54) is 107 Å². The van der Waals surface area contributed by atoms with Gasteiger partial charge in [-0.05, 0) is 133 Å². The maximum Gasteiger partial charge on any atom is 0.0713 e. The third-order valence-corrected chi connectivity index (χ3v) is 16.9. The molecule has 11 aromatic carbocycles. The molecule has 328 valence electrons. The number of rotatable bonds is 8. The van der Waals surface area contributed by atoms with Gasteiger partial charge in [0, 0.05) is 57.4 Å². The summed E-state index contributed by atoms with van der Waals surface area (Å²) in [6.07, 6.45) is 0. The van der Waals surface area contributed by atoms with E-state index in [0.29, 0.717) is 0 Å². The summed E-state index contributed by atoms with van der Waals surface area (Å²) >= 11 is 3.74. The van der Waals surface area contributed by atoms with Crippen LogP contribution in [-0.2, 0) is 5.41 Å². The summed E-state index contributed by atoms with van der Waals surface area (Å²) in [6, 6.07) is 96.7. The van der Waals surface area contributed by atoms with Gasteiger partial charge in [-0.1, -0.05) is 194 Å². The summed E-state index contributed by atoms with van der Waals surface area (Å²) in [5, 5.41) is 5.27. The molecular weight excluding hydrogens is 883 g/mol. The third-order valence-electron chi connectivity index (χ3n) is 14.6. The average Bonchev–Trinajstić information content (AvgIpc) is 4.10. The highest BCUT2D eigenvalue weighted by Crippen LogP contribution is 2.57. The number of nitrogens with zero attached hydrogens (tertiary/aromatic N) is 1. The predicted molar refractivity (Wildman–Crippen MR) is 301 cm³/mol. The Kier molecular flexibility index (Phi) is 9.55. The van der Waals surface area contributed by atoms with Crippen LogP contribution in [0.5, 0.6) is 0 Å². The van der Waals surface area contributed by atoms with E-state index in [1.807, 2.05) is 22.7 Å². The van der Waals surface area contributed by atoms with E-state index in [0.717, 1.165) is 17.1 Å². The molecule has 1 aliphatic carbocycles. The van der Waals surface area contributed by atoms with Crippen LogP contribution in [0.3, 0.4) is 0 Å². The fourth-order valence-electron chi connectivity index (χ4n) is 11.4. The van der Waals surface area contributed by atoms with E-state index in [2.05, 4.69) is 266 Å². The van der Waals surface area contributed by atoms with Gasteiger partial charge in [0.05, 0.1) is 5.41 Å². The third kappa shape index (κ3) is 6.43. The van der Waals surface area contributed by atoms with Gasteiger partial charge < -0.3 is 4.90 Å². The summed E-state index contributed by atoms with van der Waals surface area (Å²) < 4.78 is 5.29. The SMILES string of the molecule is c1ccc(C2(c3ccccc3)c3ccccc3-c3cc(N(c4ccc(-c5cccc(-c6ccc7sc8ccccc8c7c6)c5)cc4)c4ccc(-c5cccc6c5sc5ccccc56)cc4)ccc32)cc1. The standard InChI is InChI=1S/C67H43NS2/c1-3-17-49(18-4-1)67(50-19-5-2-6-20-50)61-26-10-7-21-55(61)59-43-53(38-39-62(59)67)68(52-36-31-45(32-37-52)54-24-14-25-58-56-22-8-12-28-64(56)70-66(54)58)51-34-29-44(30-35-51)46-15-13-16-47(41-46)48-33-40-65-60(42-48)57-23-9-11-27-63(57)69-65/h1-43H. The zero-order chi connectivity index (χ0) is 46.2. The van der Waals surface area contributed by atoms with Crippen LogP contribution in [0.2, 0.25) is 0 Å². The molecule has 0 unspecified atom stereocenters. The molecule has 0 aliphatic heterocycles. The van der Waals surface area contributed by atoms with E-state index < -0.39 is 5.41 Å². The fourth-order valence-corrected chi connectivity index (χ4v) is 13.7. The Balaban J connectivity index is 0.895. The van der Waals surface area contributed by atoms with Gasteiger partial charge in [-0.3, -0.25) is 0 Å². The molecule has 14 rings (SSSR count). The van der Waals surface area contributed by atoms with E-state index in [-0.39, 0.29) is 0 Å². The summed E-state index contributed by atoms with van der Waals surface area (Å²) in [6.45, 7) is 0. The average molecular weight is 926 g/mol. The Morgan fingerprint density at radius 3 is 1.50 bits per heavy atom. The Morgan fingerprint density at radius 2 is 0.771 bits per heavy atom. The first-order valence-corrected chi connectivity index (χ1v) is 25.6. The number of anilines is 3. The largest absolute Gasteiger partial charge is 0.310 e. The maximum absolute atomic E-state index is 2.43. The molecule has 0 atom stereocenters. The van der Waals surface area contributed by atoms with E-state index in [9.17, 15) is 0 Å². The smallest absolute Gasteiger partial charge is 0.0713 e. The van der Waals surface area contributed by atoms with Crippen LogP contribution < -0.4 is 4.90 Å². The second-order valence-electron chi connectivity index (χ2n) is 18.4. The first-order valence-electron chi connectivity index (χ1n) is 24.0. The predicted octanol–water partition coefficient (Wildman–Crippen LogP) is 19.3. The van der Waals surface area contributed by atoms with Crippen molar-refractivity contribution >= 4 is 80.1 Å². The number of thiophene rings is 2. The molecule has 2 heterocycles. The van der Waals surface area contributed by atoms with Crippen LogP contribution in [-0.4, -0.2) is 0 Å². The molecule has 0 spiro atoms. The Bertz CT molecular complexity index is 4070. The first kappa shape index (κ1) is 40.7. The molecule has 13 aromatic rings. The van der Waals surface area contributed by atoms with Crippen LogP contribution in [0.4, 0.5) is 17.1 Å². The van der Waals surface area contributed by atoms with Gasteiger partial charge in [-0.25, -0.2) is 0 Å². The highest BCUT2D eigenvalue weighted by Gasteiger charge is 2.46. The topological polar surface area (TPSA) is 3.24 Å². The van der Waals surface area contributed by atoms with Gasteiger partial charge in [-0.2, -0.15) is 0 Å². The van der Waals surface area contributed by atoms with Gasteiger partial charge in [0.1, 0.15) is 0 Å². The summed E-state index contributed by atoms with van der Waals surface area (Å²) in [7, 11) is 0. The van der Waals surface area contributed by atoms with Crippen LogP contribution >= 0.6 is 22.7 Å².